The van der Waals surface area contributed by atoms with Gasteiger partial charge in [0.25, 0.3) is 0 Å². The molecule has 0 spiro atoms. The Balaban J connectivity index is 2.26. The Bertz CT molecular complexity index is 432. The van der Waals surface area contributed by atoms with Crippen LogP contribution in [0.5, 0.6) is 0 Å². The molecule has 0 radical (unpaired) electrons. The van der Waals surface area contributed by atoms with Gasteiger partial charge in [0.05, 0.1) is 5.56 Å². The molecule has 1 heterocycles. The summed E-state index contributed by atoms with van der Waals surface area (Å²) in [5.41, 5.74) is 1.86. The minimum atomic E-state index is 0.686. The largest absolute Gasteiger partial charge is 0.367 e. The Morgan fingerprint density at radius 1 is 1.33 bits per heavy atom. The van der Waals surface area contributed by atoms with Crippen molar-refractivity contribution >= 4 is 21.6 Å². The Hall–Kier alpha value is -1.27. The smallest absolute Gasteiger partial charge is 0.100 e. The van der Waals surface area contributed by atoms with Crippen molar-refractivity contribution in [1.29, 1.82) is 5.26 Å². The number of halogens is 1. The molecular weight excluding hydrogens is 252 g/mol. The highest BCUT2D eigenvalue weighted by Gasteiger charge is 2.08. The summed E-state index contributed by atoms with van der Waals surface area (Å²) in [5.74, 6) is 0. The zero-order chi connectivity index (χ0) is 10.7. The maximum atomic E-state index is 8.81. The number of nitrogens with zero attached hydrogens (tertiary/aromatic N) is 2. The maximum Gasteiger partial charge on any atom is 0.100 e. The van der Waals surface area contributed by atoms with Crippen molar-refractivity contribution in [1.82, 2.24) is 0 Å². The second kappa shape index (κ2) is 4.50. The van der Waals surface area contributed by atoms with Gasteiger partial charge in [-0.25, -0.2) is 0 Å². The Morgan fingerprint density at radius 2 is 2.20 bits per heavy atom. The van der Waals surface area contributed by atoms with Gasteiger partial charge >= 0.3 is 0 Å². The molecule has 0 atom stereocenters. The fourth-order valence-electron chi connectivity index (χ4n) is 1.67. The number of hydrogen-bond acceptors (Lipinski definition) is 2. The lowest BCUT2D eigenvalue weighted by molar-refractivity contribution is 0.821. The summed E-state index contributed by atoms with van der Waals surface area (Å²) >= 11 is 3.41. The van der Waals surface area contributed by atoms with E-state index in [4.69, 9.17) is 5.26 Å². The van der Waals surface area contributed by atoms with E-state index in [1.54, 1.807) is 0 Å². The minimum Gasteiger partial charge on any atom is -0.367 e. The minimum absolute atomic E-state index is 0.686. The molecule has 2 rings (SSSR count). The van der Waals surface area contributed by atoms with Crippen molar-refractivity contribution in [2.24, 2.45) is 0 Å². The van der Waals surface area contributed by atoms with Crippen LogP contribution in [0, 0.1) is 11.3 Å². The molecule has 0 N–H and O–H groups in total. The van der Waals surface area contributed by atoms with Gasteiger partial charge in [-0.3, -0.25) is 0 Å². The van der Waals surface area contributed by atoms with E-state index in [1.165, 1.54) is 5.69 Å². The van der Waals surface area contributed by atoms with Crippen molar-refractivity contribution in [2.75, 3.05) is 18.0 Å². The van der Waals surface area contributed by atoms with Gasteiger partial charge in [0.1, 0.15) is 6.07 Å². The van der Waals surface area contributed by atoms with Crippen LogP contribution in [0.4, 0.5) is 5.69 Å². The summed E-state index contributed by atoms with van der Waals surface area (Å²) in [6.07, 6.45) is 5.47. The normalized spacial score (nSPS) is 15.1. The summed E-state index contributed by atoms with van der Waals surface area (Å²) < 4.78 is 0.872. The van der Waals surface area contributed by atoms with Gasteiger partial charge < -0.3 is 4.90 Å². The van der Waals surface area contributed by atoms with E-state index in [0.717, 1.165) is 24.0 Å². The van der Waals surface area contributed by atoms with E-state index < -0.39 is 0 Å². The van der Waals surface area contributed by atoms with Crippen LogP contribution in [0.25, 0.3) is 0 Å². The first-order valence-corrected chi connectivity index (χ1v) is 5.70. The summed E-state index contributed by atoms with van der Waals surface area (Å²) in [7, 11) is 0. The molecule has 3 heteroatoms. The third-order valence-corrected chi connectivity index (χ3v) is 3.15. The lowest BCUT2D eigenvalue weighted by atomic mass is 10.2. The van der Waals surface area contributed by atoms with Gasteiger partial charge in [-0.05, 0) is 40.5 Å². The van der Waals surface area contributed by atoms with Gasteiger partial charge in [-0.15, -0.1) is 0 Å². The predicted molar refractivity (Wildman–Crippen MR) is 64.8 cm³/mol. The summed E-state index contributed by atoms with van der Waals surface area (Å²) in [6, 6.07) is 8.02. The van der Waals surface area contributed by atoms with Crippen molar-refractivity contribution in [3.05, 3.63) is 40.4 Å². The van der Waals surface area contributed by atoms with Crippen molar-refractivity contribution < 1.29 is 0 Å². The van der Waals surface area contributed by atoms with Gasteiger partial charge in [0, 0.05) is 23.2 Å². The average molecular weight is 263 g/mol. The number of benzene rings is 1. The van der Waals surface area contributed by atoms with Crippen LogP contribution in [0.3, 0.4) is 0 Å². The summed E-state index contributed by atoms with van der Waals surface area (Å²) in [5, 5.41) is 8.81. The zero-order valence-corrected chi connectivity index (χ0v) is 9.87. The van der Waals surface area contributed by atoms with Gasteiger partial charge in [0.2, 0.25) is 0 Å². The van der Waals surface area contributed by atoms with Crippen LogP contribution in [0.1, 0.15) is 12.0 Å². The van der Waals surface area contributed by atoms with E-state index in [1.807, 2.05) is 18.2 Å². The predicted octanol–water partition coefficient (Wildman–Crippen LogP) is 3.09. The molecule has 1 aromatic rings. The zero-order valence-electron chi connectivity index (χ0n) is 8.28. The van der Waals surface area contributed by atoms with Gasteiger partial charge in [-0.1, -0.05) is 12.2 Å². The van der Waals surface area contributed by atoms with E-state index in [0.29, 0.717) is 5.56 Å². The molecule has 1 aliphatic rings. The fraction of sp³-hybridized carbons (Fsp3) is 0.250. The molecule has 0 fully saturated rings. The molecule has 0 unspecified atom stereocenters. The maximum absolute atomic E-state index is 8.81. The molecule has 0 saturated carbocycles. The van der Waals surface area contributed by atoms with Crippen LogP contribution >= 0.6 is 15.9 Å². The summed E-state index contributed by atoms with van der Waals surface area (Å²) in [6.45, 7) is 2.01. The Morgan fingerprint density at radius 3 is 2.80 bits per heavy atom. The van der Waals surface area contributed by atoms with Crippen molar-refractivity contribution in [3.63, 3.8) is 0 Å². The number of anilines is 1. The van der Waals surface area contributed by atoms with E-state index in [9.17, 15) is 0 Å². The highest BCUT2D eigenvalue weighted by molar-refractivity contribution is 9.10. The first-order valence-electron chi connectivity index (χ1n) is 4.91. The molecule has 0 aliphatic carbocycles. The molecule has 1 aliphatic heterocycles. The topological polar surface area (TPSA) is 27.0 Å². The molecule has 0 aromatic heterocycles. The van der Waals surface area contributed by atoms with Crippen molar-refractivity contribution in [3.8, 4) is 6.07 Å². The monoisotopic (exact) mass is 262 g/mol. The van der Waals surface area contributed by atoms with Crippen LogP contribution in [-0.2, 0) is 0 Å². The first kappa shape index (κ1) is 10.3. The van der Waals surface area contributed by atoms with E-state index in [2.05, 4.69) is 39.1 Å². The first-order chi connectivity index (χ1) is 7.31. The number of rotatable bonds is 1. The van der Waals surface area contributed by atoms with Crippen LogP contribution < -0.4 is 4.90 Å². The highest BCUT2D eigenvalue weighted by Crippen LogP contribution is 2.24. The molecule has 0 saturated heterocycles. The lowest BCUT2D eigenvalue weighted by Crippen LogP contribution is -2.26. The molecule has 1 aromatic carbocycles. The third kappa shape index (κ3) is 2.21. The molecule has 0 bridgehead atoms. The third-order valence-electron chi connectivity index (χ3n) is 2.50. The second-order valence-corrected chi connectivity index (χ2v) is 4.34. The van der Waals surface area contributed by atoms with Crippen LogP contribution in [-0.4, -0.2) is 13.1 Å². The molecular formula is C12H11BrN2. The highest BCUT2D eigenvalue weighted by atomic mass is 79.9. The van der Waals surface area contributed by atoms with Gasteiger partial charge in [-0.2, -0.15) is 5.26 Å². The number of nitriles is 1. The van der Waals surface area contributed by atoms with Crippen LogP contribution in [0.2, 0.25) is 0 Å². The average Bonchev–Trinajstić information content (AvgIpc) is 2.30. The Kier molecular flexibility index (Phi) is 3.08. The lowest BCUT2D eigenvalue weighted by Gasteiger charge is -2.25. The van der Waals surface area contributed by atoms with E-state index >= 15 is 0 Å². The Labute approximate surface area is 97.9 Å². The van der Waals surface area contributed by atoms with Crippen LogP contribution in [0.15, 0.2) is 34.8 Å². The summed E-state index contributed by atoms with van der Waals surface area (Å²) in [4.78, 5) is 2.30. The fourth-order valence-corrected chi connectivity index (χ4v) is 2.12. The molecule has 0 amide bonds. The molecule has 2 nitrogen and oxygen atoms in total. The van der Waals surface area contributed by atoms with E-state index in [-0.39, 0.29) is 0 Å². The quantitative estimate of drug-likeness (QED) is 0.728. The number of hydrogen-bond donors (Lipinski definition) is 0. The van der Waals surface area contributed by atoms with Crippen molar-refractivity contribution in [2.45, 2.75) is 6.42 Å². The SMILES string of the molecule is N#Cc1ccc(N2CC=CCC2)cc1Br. The standard InChI is InChI=1S/C12H11BrN2/c13-12-8-11(5-4-10(12)9-14)15-6-2-1-3-7-15/h1-2,4-5,8H,3,6-7H2. The molecule has 15 heavy (non-hydrogen) atoms. The molecule has 76 valence electrons. The second-order valence-electron chi connectivity index (χ2n) is 3.48. The van der Waals surface area contributed by atoms with Gasteiger partial charge in [0.15, 0.2) is 0 Å².